The lowest BCUT2D eigenvalue weighted by Crippen LogP contribution is -2.69. The van der Waals surface area contributed by atoms with E-state index in [2.05, 4.69) is 72.3 Å². The van der Waals surface area contributed by atoms with Crippen LogP contribution >= 0.6 is 11.3 Å². The molecular formula is C47H63N9O6S. The predicted molar refractivity (Wildman–Crippen MR) is 243 cm³/mol. The number of amides is 4. The van der Waals surface area contributed by atoms with Crippen molar-refractivity contribution in [2.45, 2.75) is 117 Å². The fourth-order valence-corrected chi connectivity index (χ4v) is 10.9. The van der Waals surface area contributed by atoms with E-state index in [0.29, 0.717) is 62.5 Å². The second-order valence-electron chi connectivity index (χ2n) is 19.0. The Morgan fingerprint density at radius 1 is 1.14 bits per heavy atom. The Hall–Kier alpha value is -4.90. The molecule has 15 nitrogen and oxygen atoms in total. The average molecular weight is 882 g/mol. The van der Waals surface area contributed by atoms with E-state index in [-0.39, 0.29) is 37.0 Å². The van der Waals surface area contributed by atoms with Gasteiger partial charge in [0.25, 0.3) is 5.91 Å². The number of piperazine rings is 1. The van der Waals surface area contributed by atoms with Gasteiger partial charge < -0.3 is 29.2 Å². The number of methoxy groups -OCH3 is 1. The molecule has 338 valence electrons. The van der Waals surface area contributed by atoms with Crippen LogP contribution in [0.25, 0.3) is 33.4 Å². The summed E-state index contributed by atoms with van der Waals surface area (Å²) in [6, 6.07) is 8.32. The maximum atomic E-state index is 14.6. The van der Waals surface area contributed by atoms with Crippen LogP contribution in [0.15, 0.2) is 41.9 Å². The molecule has 0 saturated carbocycles. The van der Waals surface area contributed by atoms with Crippen LogP contribution < -0.4 is 10.7 Å². The van der Waals surface area contributed by atoms with Gasteiger partial charge in [0.15, 0.2) is 0 Å². The molecule has 5 aliphatic heterocycles. The summed E-state index contributed by atoms with van der Waals surface area (Å²) in [5, 5.41) is 8.25. The number of esters is 1. The number of aromatic nitrogens is 3. The van der Waals surface area contributed by atoms with Crippen LogP contribution in [0.3, 0.4) is 0 Å². The second kappa shape index (κ2) is 17.9. The van der Waals surface area contributed by atoms with Gasteiger partial charge in [-0.1, -0.05) is 33.8 Å². The highest BCUT2D eigenvalue weighted by Gasteiger charge is 2.46. The fraction of sp³-hybridized carbons (Fsp3) is 0.574. The maximum absolute atomic E-state index is 14.6. The molecule has 2 N–H and O–H groups in total. The summed E-state index contributed by atoms with van der Waals surface area (Å²) in [5.41, 5.74) is 9.43. The summed E-state index contributed by atoms with van der Waals surface area (Å²) in [6.07, 6.45) is 4.40. The van der Waals surface area contributed by atoms with Crippen molar-refractivity contribution in [3.05, 3.63) is 58.2 Å². The van der Waals surface area contributed by atoms with Gasteiger partial charge in [-0.25, -0.2) is 15.2 Å². The van der Waals surface area contributed by atoms with Crippen molar-refractivity contribution >= 4 is 46.1 Å². The lowest BCUT2D eigenvalue weighted by Gasteiger charge is -2.55. The van der Waals surface area contributed by atoms with Crippen molar-refractivity contribution in [3.8, 4) is 22.5 Å². The number of hydrogen-bond acceptors (Lipinski definition) is 11. The standard InChI is InChI=1S/C47H63N9O6S/c1-10-55-38-16-15-29-19-33(38)34(42(55)32-13-11-17-48-40(32)28(4)61-9)22-47(5,6)26-62-45(59)35-14-12-18-56(51-35)44(58)36(21-39-49-37(29)25-63-39)50-43(57)41(27(2)3)53(8)46(60)54-23-30-20-31(24-54)52(30)7/h11,13,15-17,19,25,27-28,30-31,35-36,41,51H,10,12,14,18,20-24,26H2,1-9H3,(H,50,57)/t28-,30?,31?,35-,36-,41-/m0/s1. The number of piperidine rings is 1. The zero-order chi connectivity index (χ0) is 44.9. The zero-order valence-corrected chi connectivity index (χ0v) is 39.0. The number of likely N-dealkylation sites (N-methyl/N-ethyl adjacent to an activating group) is 2. The molecule has 0 radical (unpaired) electrons. The smallest absolute Gasteiger partial charge is 0.324 e. The molecule has 0 aliphatic carbocycles. The Labute approximate surface area is 374 Å². The molecule has 16 heteroatoms. The quantitative estimate of drug-likeness (QED) is 0.212. The second-order valence-corrected chi connectivity index (χ2v) is 19.9. The summed E-state index contributed by atoms with van der Waals surface area (Å²) in [6.45, 7) is 14.6. The van der Waals surface area contributed by atoms with E-state index in [1.165, 1.54) is 21.2 Å². The van der Waals surface area contributed by atoms with Crippen LogP contribution in [0.2, 0.25) is 0 Å². The highest BCUT2D eigenvalue weighted by atomic mass is 32.1. The Kier molecular flexibility index (Phi) is 12.7. The van der Waals surface area contributed by atoms with Gasteiger partial charge >= 0.3 is 12.0 Å². The number of pyridine rings is 1. The molecule has 4 aromatic rings. The van der Waals surface area contributed by atoms with Gasteiger partial charge in [0.2, 0.25) is 5.91 Å². The number of rotatable bonds is 8. The number of benzene rings is 1. The van der Waals surface area contributed by atoms with E-state index in [1.54, 1.807) is 20.4 Å². The lowest BCUT2D eigenvalue weighted by atomic mass is 9.84. The van der Waals surface area contributed by atoms with Crippen LogP contribution in [-0.2, 0) is 43.2 Å². The van der Waals surface area contributed by atoms with E-state index >= 15 is 0 Å². The van der Waals surface area contributed by atoms with Gasteiger partial charge in [0.05, 0.1) is 34.8 Å². The Morgan fingerprint density at radius 2 is 1.90 bits per heavy atom. The van der Waals surface area contributed by atoms with Crippen molar-refractivity contribution < 1.29 is 28.7 Å². The van der Waals surface area contributed by atoms with Gasteiger partial charge in [0.1, 0.15) is 18.1 Å². The van der Waals surface area contributed by atoms with E-state index in [4.69, 9.17) is 19.4 Å². The molecule has 2 unspecified atom stereocenters. The van der Waals surface area contributed by atoms with Crippen LogP contribution in [0.1, 0.15) is 83.2 Å². The third kappa shape index (κ3) is 8.71. The molecule has 63 heavy (non-hydrogen) atoms. The van der Waals surface area contributed by atoms with Crippen molar-refractivity contribution in [2.24, 2.45) is 11.3 Å². The van der Waals surface area contributed by atoms with Gasteiger partial charge in [-0.15, -0.1) is 11.3 Å². The van der Waals surface area contributed by atoms with E-state index in [9.17, 15) is 19.2 Å². The lowest BCUT2D eigenvalue weighted by molar-refractivity contribution is -0.155. The number of hydrazine groups is 1. The number of aryl methyl sites for hydroxylation is 1. The molecule has 0 spiro atoms. The largest absolute Gasteiger partial charge is 0.464 e. The Bertz CT molecular complexity index is 2360. The minimum Gasteiger partial charge on any atom is -0.464 e. The SMILES string of the molecule is CCn1c(-c2cccnc2[C@H](C)OC)c2c3cc(ccc31)-c1csc(n1)C[C@H](NC(=O)[C@H](C(C)C)N(C)C(=O)N1CC3CC(C1)N3C)C(=O)N1CCC[C@H](N1)C(=O)OCC(C)(C)C2. The van der Waals surface area contributed by atoms with E-state index in [1.807, 2.05) is 37.1 Å². The maximum Gasteiger partial charge on any atom is 0.324 e. The number of fused-ring (bicyclic) bond motifs is 8. The van der Waals surface area contributed by atoms with Crippen molar-refractivity contribution in [1.82, 2.24) is 45.0 Å². The first kappa shape index (κ1) is 44.7. The van der Waals surface area contributed by atoms with Crippen LogP contribution in [0.5, 0.6) is 0 Å². The van der Waals surface area contributed by atoms with E-state index < -0.39 is 35.4 Å². The first-order chi connectivity index (χ1) is 30.1. The van der Waals surface area contributed by atoms with Gasteiger partial charge in [-0.05, 0) is 82.3 Å². The molecule has 5 aliphatic rings. The first-order valence-corrected chi connectivity index (χ1v) is 23.3. The summed E-state index contributed by atoms with van der Waals surface area (Å²) >= 11 is 1.44. The minimum absolute atomic E-state index is 0.117. The summed E-state index contributed by atoms with van der Waals surface area (Å²) in [4.78, 5) is 72.4. The van der Waals surface area contributed by atoms with Crippen LogP contribution in [0.4, 0.5) is 4.79 Å². The number of nitrogens with one attached hydrogen (secondary N) is 2. The number of carbonyl (C=O) groups is 4. The van der Waals surface area contributed by atoms with Gasteiger partial charge in [0, 0.05) is 97.9 Å². The highest BCUT2D eigenvalue weighted by Crippen LogP contribution is 2.42. The molecule has 8 bridgehead atoms. The molecule has 6 atom stereocenters. The number of hydrogen-bond donors (Lipinski definition) is 2. The number of thiazole rings is 1. The molecule has 4 saturated heterocycles. The molecule has 4 amide bonds. The predicted octanol–water partition coefficient (Wildman–Crippen LogP) is 5.67. The molecule has 3 aromatic heterocycles. The van der Waals surface area contributed by atoms with Crippen molar-refractivity contribution in [1.29, 1.82) is 0 Å². The number of cyclic esters (lactones) is 1. The monoisotopic (exact) mass is 881 g/mol. The number of nitrogens with zero attached hydrogens (tertiary/aromatic N) is 7. The molecule has 9 rings (SSSR count). The first-order valence-electron chi connectivity index (χ1n) is 22.4. The molecular weight excluding hydrogens is 819 g/mol. The number of carbonyl (C=O) groups excluding carboxylic acids is 4. The summed E-state index contributed by atoms with van der Waals surface area (Å²) < 4.78 is 14.3. The Balaban J connectivity index is 1.16. The van der Waals surface area contributed by atoms with Crippen LogP contribution in [-0.4, -0.2) is 136 Å². The fourth-order valence-electron chi connectivity index (χ4n) is 10.0. The topological polar surface area (TPSA) is 154 Å². The number of ether oxygens (including phenoxy) is 2. The normalized spacial score (nSPS) is 23.8. The third-order valence-corrected chi connectivity index (χ3v) is 14.5. The minimum atomic E-state index is -1.03. The zero-order valence-electron chi connectivity index (χ0n) is 38.1. The average Bonchev–Trinajstić information content (AvgIpc) is 3.88. The summed E-state index contributed by atoms with van der Waals surface area (Å²) in [7, 11) is 5.46. The highest BCUT2D eigenvalue weighted by molar-refractivity contribution is 7.10. The van der Waals surface area contributed by atoms with Crippen molar-refractivity contribution in [2.75, 3.05) is 47.4 Å². The van der Waals surface area contributed by atoms with Crippen LogP contribution in [0, 0.1) is 11.3 Å². The molecule has 4 fully saturated rings. The summed E-state index contributed by atoms with van der Waals surface area (Å²) in [5.74, 6) is -1.48. The van der Waals surface area contributed by atoms with Crippen molar-refractivity contribution in [3.63, 3.8) is 0 Å². The molecule has 1 aromatic carbocycles. The molecule has 8 heterocycles. The third-order valence-electron chi connectivity index (χ3n) is 13.6. The van der Waals surface area contributed by atoms with Gasteiger partial charge in [-0.2, -0.15) is 0 Å². The number of urea groups is 1. The Morgan fingerprint density at radius 3 is 2.60 bits per heavy atom. The van der Waals surface area contributed by atoms with Gasteiger partial charge in [-0.3, -0.25) is 29.3 Å². The van der Waals surface area contributed by atoms with E-state index in [0.717, 1.165) is 51.1 Å².